The van der Waals surface area contributed by atoms with Crippen molar-refractivity contribution in [3.05, 3.63) is 36.0 Å². The number of hydrogen-bond donors (Lipinski definition) is 2. The molecule has 2 aromatic heterocycles. The van der Waals surface area contributed by atoms with Gasteiger partial charge in [0, 0.05) is 30.8 Å². The number of aromatic nitrogens is 4. The van der Waals surface area contributed by atoms with Gasteiger partial charge in [0.1, 0.15) is 17.0 Å². The maximum absolute atomic E-state index is 12.1. The average molecular weight is 451 g/mol. The second-order valence-corrected chi connectivity index (χ2v) is 7.45. The van der Waals surface area contributed by atoms with E-state index in [4.69, 9.17) is 15.2 Å². The highest BCUT2D eigenvalue weighted by molar-refractivity contribution is 6.28. The lowest BCUT2D eigenvalue weighted by Crippen LogP contribution is -2.29. The SMILES string of the molecule is CCCCNc1nc(N)nc2cn(Cc3c(OC)cc(N4C(=O)C=CC4=O)cc3OC)nc12. The van der Waals surface area contributed by atoms with Crippen molar-refractivity contribution >= 4 is 40.3 Å². The number of nitrogen functional groups attached to an aromatic ring is 1. The van der Waals surface area contributed by atoms with Gasteiger partial charge in [-0.15, -0.1) is 0 Å². The summed E-state index contributed by atoms with van der Waals surface area (Å²) < 4.78 is 12.8. The quantitative estimate of drug-likeness (QED) is 0.370. The molecule has 4 rings (SSSR count). The number of amides is 2. The molecular weight excluding hydrogens is 426 g/mol. The molecule has 3 N–H and O–H groups in total. The Morgan fingerprint density at radius 2 is 1.73 bits per heavy atom. The van der Waals surface area contributed by atoms with Gasteiger partial charge in [0.2, 0.25) is 5.95 Å². The first-order chi connectivity index (χ1) is 15.9. The van der Waals surface area contributed by atoms with Crippen LogP contribution < -0.4 is 25.4 Å². The van der Waals surface area contributed by atoms with E-state index < -0.39 is 11.8 Å². The molecule has 0 saturated heterocycles. The van der Waals surface area contributed by atoms with E-state index in [1.54, 1.807) is 23.0 Å². The minimum Gasteiger partial charge on any atom is -0.496 e. The molecule has 0 fully saturated rings. The van der Waals surface area contributed by atoms with Crippen molar-refractivity contribution in [3.63, 3.8) is 0 Å². The zero-order valence-electron chi connectivity index (χ0n) is 18.7. The zero-order chi connectivity index (χ0) is 23.5. The predicted molar refractivity (Wildman–Crippen MR) is 123 cm³/mol. The van der Waals surface area contributed by atoms with Gasteiger partial charge in [-0.3, -0.25) is 14.3 Å². The maximum atomic E-state index is 12.1. The van der Waals surface area contributed by atoms with E-state index in [0.717, 1.165) is 24.3 Å². The maximum Gasteiger partial charge on any atom is 0.258 e. The summed E-state index contributed by atoms with van der Waals surface area (Å²) in [6.45, 7) is 3.15. The van der Waals surface area contributed by atoms with Crippen LogP contribution in [0.5, 0.6) is 11.5 Å². The van der Waals surface area contributed by atoms with Crippen molar-refractivity contribution in [1.82, 2.24) is 19.7 Å². The largest absolute Gasteiger partial charge is 0.496 e. The number of ether oxygens (including phenoxy) is 2. The summed E-state index contributed by atoms with van der Waals surface area (Å²) in [6.07, 6.45) is 6.26. The molecule has 3 aromatic rings. The molecule has 0 bridgehead atoms. The fourth-order valence-corrected chi connectivity index (χ4v) is 3.64. The Morgan fingerprint density at radius 3 is 2.33 bits per heavy atom. The second kappa shape index (κ2) is 9.15. The molecular formula is C22H25N7O4. The van der Waals surface area contributed by atoms with Crippen LogP contribution in [0.3, 0.4) is 0 Å². The molecule has 1 aliphatic rings. The third kappa shape index (κ3) is 4.29. The van der Waals surface area contributed by atoms with E-state index in [-0.39, 0.29) is 12.5 Å². The number of fused-ring (bicyclic) bond motifs is 1. The van der Waals surface area contributed by atoms with E-state index in [1.807, 2.05) is 0 Å². The number of methoxy groups -OCH3 is 2. The molecule has 1 aromatic carbocycles. The van der Waals surface area contributed by atoms with Gasteiger partial charge >= 0.3 is 0 Å². The molecule has 33 heavy (non-hydrogen) atoms. The first-order valence-electron chi connectivity index (χ1n) is 10.5. The average Bonchev–Trinajstić information content (AvgIpc) is 3.35. The van der Waals surface area contributed by atoms with Crippen molar-refractivity contribution in [3.8, 4) is 11.5 Å². The highest BCUT2D eigenvalue weighted by Gasteiger charge is 2.27. The summed E-state index contributed by atoms with van der Waals surface area (Å²) in [4.78, 5) is 33.8. The van der Waals surface area contributed by atoms with Gasteiger partial charge in [0.05, 0.1) is 38.2 Å². The number of rotatable bonds is 9. The van der Waals surface area contributed by atoms with Crippen molar-refractivity contribution in [2.45, 2.75) is 26.3 Å². The molecule has 11 nitrogen and oxygen atoms in total. The molecule has 0 spiro atoms. The fourth-order valence-electron chi connectivity index (χ4n) is 3.64. The fraction of sp³-hybridized carbons (Fsp3) is 0.318. The van der Waals surface area contributed by atoms with Crippen molar-refractivity contribution in [2.24, 2.45) is 0 Å². The molecule has 1 aliphatic heterocycles. The van der Waals surface area contributed by atoms with E-state index in [2.05, 4.69) is 27.3 Å². The summed E-state index contributed by atoms with van der Waals surface area (Å²) in [5.41, 5.74) is 8.13. The summed E-state index contributed by atoms with van der Waals surface area (Å²) in [6, 6.07) is 3.25. The lowest BCUT2D eigenvalue weighted by atomic mass is 10.1. The molecule has 172 valence electrons. The number of unbranched alkanes of at least 4 members (excludes halogenated alkanes) is 1. The van der Waals surface area contributed by atoms with E-state index in [9.17, 15) is 9.59 Å². The number of hydrogen-bond acceptors (Lipinski definition) is 9. The van der Waals surface area contributed by atoms with Gasteiger partial charge < -0.3 is 20.5 Å². The van der Waals surface area contributed by atoms with Gasteiger partial charge in [0.15, 0.2) is 11.3 Å². The number of imide groups is 1. The van der Waals surface area contributed by atoms with Gasteiger partial charge in [0.25, 0.3) is 11.8 Å². The van der Waals surface area contributed by atoms with Crippen LogP contribution in [-0.2, 0) is 16.1 Å². The lowest BCUT2D eigenvalue weighted by Gasteiger charge is -2.19. The third-order valence-corrected chi connectivity index (χ3v) is 5.23. The van der Waals surface area contributed by atoms with Gasteiger partial charge in [-0.05, 0) is 6.42 Å². The Labute approximate surface area is 190 Å². The summed E-state index contributed by atoms with van der Waals surface area (Å²) in [5.74, 6) is 0.794. The zero-order valence-corrected chi connectivity index (χ0v) is 18.7. The van der Waals surface area contributed by atoms with Crippen LogP contribution >= 0.6 is 0 Å². The van der Waals surface area contributed by atoms with Crippen molar-refractivity contribution < 1.29 is 19.1 Å². The predicted octanol–water partition coefficient (Wildman–Crippen LogP) is 2.12. The summed E-state index contributed by atoms with van der Waals surface area (Å²) in [7, 11) is 3.02. The number of benzene rings is 1. The lowest BCUT2D eigenvalue weighted by molar-refractivity contribution is -0.119. The van der Waals surface area contributed by atoms with Crippen LogP contribution in [0.25, 0.3) is 11.0 Å². The Kier molecular flexibility index (Phi) is 6.11. The second-order valence-electron chi connectivity index (χ2n) is 7.45. The number of nitrogens with two attached hydrogens (primary N) is 1. The third-order valence-electron chi connectivity index (χ3n) is 5.23. The standard InChI is InChI=1S/C22H25N7O4/c1-4-5-8-24-21-20-15(25-22(23)26-21)12-28(27-20)11-14-16(32-2)9-13(10-17(14)33-3)29-18(30)6-7-19(29)31/h6-7,9-10,12H,4-5,8,11H2,1-3H3,(H3,23,24,25,26). The topological polar surface area (TPSA) is 137 Å². The van der Waals surface area contributed by atoms with Crippen LogP contribution in [0.1, 0.15) is 25.3 Å². The molecule has 0 radical (unpaired) electrons. The van der Waals surface area contributed by atoms with Crippen molar-refractivity contribution in [2.75, 3.05) is 36.7 Å². The van der Waals surface area contributed by atoms with Crippen LogP contribution in [-0.4, -0.2) is 52.3 Å². The van der Waals surface area contributed by atoms with E-state index in [0.29, 0.717) is 39.6 Å². The Hall–Kier alpha value is -4.15. The van der Waals surface area contributed by atoms with E-state index >= 15 is 0 Å². The molecule has 2 amide bonds. The Balaban J connectivity index is 1.70. The first-order valence-corrected chi connectivity index (χ1v) is 10.5. The minimum atomic E-state index is -0.422. The number of nitrogens with one attached hydrogen (secondary N) is 1. The molecule has 3 heterocycles. The summed E-state index contributed by atoms with van der Waals surface area (Å²) in [5, 5.41) is 7.90. The van der Waals surface area contributed by atoms with Gasteiger partial charge in [-0.1, -0.05) is 13.3 Å². The smallest absolute Gasteiger partial charge is 0.258 e. The molecule has 0 aliphatic carbocycles. The molecule has 0 unspecified atom stereocenters. The van der Waals surface area contributed by atoms with E-state index in [1.165, 1.54) is 26.4 Å². The minimum absolute atomic E-state index is 0.161. The number of nitrogens with zero attached hydrogens (tertiary/aromatic N) is 5. The van der Waals surface area contributed by atoms with Crippen LogP contribution in [0, 0.1) is 0 Å². The van der Waals surface area contributed by atoms with Gasteiger partial charge in [-0.2, -0.15) is 10.1 Å². The summed E-state index contributed by atoms with van der Waals surface area (Å²) >= 11 is 0. The van der Waals surface area contributed by atoms with Gasteiger partial charge in [-0.25, -0.2) is 9.88 Å². The van der Waals surface area contributed by atoms with Crippen LogP contribution in [0.15, 0.2) is 30.5 Å². The first kappa shape index (κ1) is 22.1. The molecule has 0 saturated carbocycles. The number of carbonyl (C=O) groups excluding carboxylic acids is 2. The molecule has 11 heteroatoms. The normalized spacial score (nSPS) is 13.2. The highest BCUT2D eigenvalue weighted by atomic mass is 16.5. The monoisotopic (exact) mass is 451 g/mol. The Morgan fingerprint density at radius 1 is 1.06 bits per heavy atom. The highest BCUT2D eigenvalue weighted by Crippen LogP contribution is 2.36. The van der Waals surface area contributed by atoms with Crippen LogP contribution in [0.4, 0.5) is 17.5 Å². The number of carbonyl (C=O) groups is 2. The molecule has 0 atom stereocenters. The number of anilines is 3. The van der Waals surface area contributed by atoms with Crippen molar-refractivity contribution in [1.29, 1.82) is 0 Å². The van der Waals surface area contributed by atoms with Crippen LogP contribution in [0.2, 0.25) is 0 Å². The Bertz CT molecular complexity index is 1210.